The van der Waals surface area contributed by atoms with Crippen molar-refractivity contribution in [3.63, 3.8) is 0 Å². The molecular formula is C25H27F3N4O4. The normalized spacial score (nSPS) is 16.1. The standard InChI is InChI=1S/C25H27F3N4O4/c1-14(2)13-36-22(33)20-15(3)32(4)24(35)31-21(20)16-5-9-18(10-6-16)29-23(34)30-19-11-7-17(8-12-19)25(26,27)28/h5-12,14,21H,13H2,1-4H3,(H,31,35)(H2,29,30,34). The molecule has 11 heteroatoms. The molecule has 192 valence electrons. The first kappa shape index (κ1) is 26.6. The lowest BCUT2D eigenvalue weighted by atomic mass is 9.95. The van der Waals surface area contributed by atoms with Crippen LogP contribution in [0.5, 0.6) is 0 Å². The first-order valence-electron chi connectivity index (χ1n) is 11.1. The summed E-state index contributed by atoms with van der Waals surface area (Å²) in [4.78, 5) is 38.8. The molecule has 3 N–H and O–H groups in total. The number of allylic oxidation sites excluding steroid dienone is 1. The number of esters is 1. The minimum Gasteiger partial charge on any atom is -0.462 e. The molecule has 0 bridgehead atoms. The second-order valence-electron chi connectivity index (χ2n) is 8.71. The van der Waals surface area contributed by atoms with Crippen molar-refractivity contribution in [1.82, 2.24) is 10.2 Å². The number of nitrogens with one attached hydrogen (secondary N) is 3. The van der Waals surface area contributed by atoms with Gasteiger partial charge in [-0.05, 0) is 54.8 Å². The first-order chi connectivity index (χ1) is 16.9. The maximum Gasteiger partial charge on any atom is 0.416 e. The SMILES string of the molecule is CC1=C(C(=O)OCC(C)C)C(c2ccc(NC(=O)Nc3ccc(C(F)(F)F)cc3)cc2)NC(=O)N1C. The van der Waals surface area contributed by atoms with Gasteiger partial charge < -0.3 is 25.6 Å². The van der Waals surface area contributed by atoms with Crippen LogP contribution in [-0.2, 0) is 15.7 Å². The van der Waals surface area contributed by atoms with E-state index in [1.54, 1.807) is 38.2 Å². The van der Waals surface area contributed by atoms with Gasteiger partial charge >= 0.3 is 24.2 Å². The zero-order chi connectivity index (χ0) is 26.6. The molecule has 0 spiro atoms. The highest BCUT2D eigenvalue weighted by Gasteiger charge is 2.35. The molecule has 3 rings (SSSR count). The maximum absolute atomic E-state index is 12.8. The molecule has 0 saturated heterocycles. The number of ether oxygens (including phenoxy) is 1. The molecular weight excluding hydrogens is 477 g/mol. The van der Waals surface area contributed by atoms with E-state index < -0.39 is 29.8 Å². The summed E-state index contributed by atoms with van der Waals surface area (Å²) in [5.41, 5.74) is 1.14. The first-order valence-corrected chi connectivity index (χ1v) is 11.1. The van der Waals surface area contributed by atoms with E-state index in [2.05, 4.69) is 16.0 Å². The van der Waals surface area contributed by atoms with E-state index in [4.69, 9.17) is 4.74 Å². The Balaban J connectivity index is 1.72. The fourth-order valence-corrected chi connectivity index (χ4v) is 3.46. The van der Waals surface area contributed by atoms with Gasteiger partial charge in [-0.3, -0.25) is 0 Å². The number of hydrogen-bond donors (Lipinski definition) is 3. The van der Waals surface area contributed by atoms with E-state index in [1.165, 1.54) is 4.90 Å². The maximum atomic E-state index is 12.8. The molecule has 1 aliphatic rings. The van der Waals surface area contributed by atoms with Crippen LogP contribution in [-0.4, -0.2) is 36.6 Å². The van der Waals surface area contributed by atoms with Gasteiger partial charge in [0.15, 0.2) is 0 Å². The zero-order valence-corrected chi connectivity index (χ0v) is 20.2. The largest absolute Gasteiger partial charge is 0.462 e. The Bertz CT molecular complexity index is 1160. The number of urea groups is 2. The Hall–Kier alpha value is -4.02. The van der Waals surface area contributed by atoms with Gasteiger partial charge in [0.1, 0.15) is 0 Å². The summed E-state index contributed by atoms with van der Waals surface area (Å²) in [5, 5.41) is 7.83. The molecule has 8 nitrogen and oxygen atoms in total. The summed E-state index contributed by atoms with van der Waals surface area (Å²) in [6.07, 6.45) is -4.46. The third-order valence-corrected chi connectivity index (χ3v) is 5.49. The minimum atomic E-state index is -4.46. The zero-order valence-electron chi connectivity index (χ0n) is 20.2. The van der Waals surface area contributed by atoms with Crippen LogP contribution < -0.4 is 16.0 Å². The Morgan fingerprint density at radius 1 is 1.03 bits per heavy atom. The van der Waals surface area contributed by atoms with Crippen molar-refractivity contribution in [1.29, 1.82) is 0 Å². The molecule has 2 aromatic carbocycles. The molecule has 1 unspecified atom stereocenters. The average molecular weight is 505 g/mol. The van der Waals surface area contributed by atoms with Gasteiger partial charge in [-0.25, -0.2) is 14.4 Å². The Labute approximate surface area is 206 Å². The molecule has 0 aromatic heterocycles. The van der Waals surface area contributed by atoms with E-state index >= 15 is 0 Å². The number of benzene rings is 2. The van der Waals surface area contributed by atoms with Crippen LogP contribution >= 0.6 is 0 Å². The summed E-state index contributed by atoms with van der Waals surface area (Å²) in [6.45, 7) is 5.73. The molecule has 0 saturated carbocycles. The van der Waals surface area contributed by atoms with Crippen molar-refractivity contribution in [3.05, 3.63) is 70.9 Å². The number of rotatable bonds is 6. The summed E-state index contributed by atoms with van der Waals surface area (Å²) < 4.78 is 43.5. The monoisotopic (exact) mass is 504 g/mol. The summed E-state index contributed by atoms with van der Waals surface area (Å²) in [6, 6.07) is 8.74. The topological polar surface area (TPSA) is 99.8 Å². The van der Waals surface area contributed by atoms with Gasteiger partial charge in [0, 0.05) is 24.1 Å². The Morgan fingerprint density at radius 3 is 2.06 bits per heavy atom. The predicted octanol–water partition coefficient (Wildman–Crippen LogP) is 5.52. The third-order valence-electron chi connectivity index (χ3n) is 5.49. The second-order valence-corrected chi connectivity index (χ2v) is 8.71. The van der Waals surface area contributed by atoms with Crippen LogP contribution in [0.15, 0.2) is 59.8 Å². The van der Waals surface area contributed by atoms with Crippen molar-refractivity contribution in [2.24, 2.45) is 5.92 Å². The number of carbonyl (C=O) groups excluding carboxylic acids is 3. The second kappa shape index (κ2) is 10.7. The Morgan fingerprint density at radius 2 is 1.56 bits per heavy atom. The number of anilines is 2. The molecule has 1 aliphatic heterocycles. The highest BCUT2D eigenvalue weighted by Crippen LogP contribution is 2.32. The number of amides is 4. The van der Waals surface area contributed by atoms with Crippen LogP contribution in [0.2, 0.25) is 0 Å². The Kier molecular flexibility index (Phi) is 7.91. The van der Waals surface area contributed by atoms with Crippen molar-refractivity contribution in [2.45, 2.75) is 33.0 Å². The smallest absolute Gasteiger partial charge is 0.416 e. The highest BCUT2D eigenvalue weighted by molar-refractivity contribution is 6.00. The van der Waals surface area contributed by atoms with E-state index in [-0.39, 0.29) is 24.2 Å². The fourth-order valence-electron chi connectivity index (χ4n) is 3.46. The van der Waals surface area contributed by atoms with Crippen molar-refractivity contribution < 1.29 is 32.3 Å². The van der Waals surface area contributed by atoms with Crippen LogP contribution in [0.3, 0.4) is 0 Å². The van der Waals surface area contributed by atoms with Crippen LogP contribution in [0.1, 0.15) is 37.9 Å². The number of carbonyl (C=O) groups is 3. The van der Waals surface area contributed by atoms with Crippen LogP contribution in [0, 0.1) is 5.92 Å². The minimum absolute atomic E-state index is 0.142. The van der Waals surface area contributed by atoms with E-state index in [0.29, 0.717) is 22.5 Å². The lowest BCUT2D eigenvalue weighted by Crippen LogP contribution is -2.46. The van der Waals surface area contributed by atoms with Crippen LogP contribution in [0.25, 0.3) is 0 Å². The molecule has 0 radical (unpaired) electrons. The van der Waals surface area contributed by atoms with Crippen molar-refractivity contribution in [3.8, 4) is 0 Å². The van der Waals surface area contributed by atoms with Gasteiger partial charge in [0.25, 0.3) is 0 Å². The van der Waals surface area contributed by atoms with E-state index in [0.717, 1.165) is 24.3 Å². The van der Waals surface area contributed by atoms with Gasteiger partial charge in [0.2, 0.25) is 0 Å². The molecule has 0 aliphatic carbocycles. The van der Waals surface area contributed by atoms with Gasteiger partial charge in [-0.2, -0.15) is 13.2 Å². The predicted molar refractivity (Wildman–Crippen MR) is 128 cm³/mol. The molecule has 1 atom stereocenters. The lowest BCUT2D eigenvalue weighted by Gasteiger charge is -2.33. The number of nitrogens with zero attached hydrogens (tertiary/aromatic N) is 1. The van der Waals surface area contributed by atoms with Gasteiger partial charge in [0.05, 0.1) is 23.8 Å². The van der Waals surface area contributed by atoms with Crippen molar-refractivity contribution in [2.75, 3.05) is 24.3 Å². The quantitative estimate of drug-likeness (QED) is 0.451. The summed E-state index contributed by atoms with van der Waals surface area (Å²) in [5.74, 6) is -0.389. The van der Waals surface area contributed by atoms with Crippen LogP contribution in [0.4, 0.5) is 34.1 Å². The molecule has 2 aromatic rings. The van der Waals surface area contributed by atoms with E-state index in [9.17, 15) is 27.6 Å². The lowest BCUT2D eigenvalue weighted by molar-refractivity contribution is -0.141. The third kappa shape index (κ3) is 6.35. The van der Waals surface area contributed by atoms with Crippen molar-refractivity contribution >= 4 is 29.4 Å². The van der Waals surface area contributed by atoms with E-state index in [1.807, 2.05) is 13.8 Å². The summed E-state index contributed by atoms with van der Waals surface area (Å²) in [7, 11) is 1.55. The molecule has 0 fully saturated rings. The fraction of sp³-hybridized carbons (Fsp3) is 0.320. The molecule has 36 heavy (non-hydrogen) atoms. The molecule has 4 amide bonds. The van der Waals surface area contributed by atoms with Gasteiger partial charge in [-0.15, -0.1) is 0 Å². The summed E-state index contributed by atoms with van der Waals surface area (Å²) >= 11 is 0. The number of hydrogen-bond acceptors (Lipinski definition) is 4. The average Bonchev–Trinajstić information content (AvgIpc) is 2.81. The number of halogens is 3. The highest BCUT2D eigenvalue weighted by atomic mass is 19.4. The number of alkyl halides is 3. The van der Waals surface area contributed by atoms with Gasteiger partial charge in [-0.1, -0.05) is 26.0 Å². The molecule has 1 heterocycles.